The van der Waals surface area contributed by atoms with E-state index in [0.29, 0.717) is 10.6 Å². The first-order valence-corrected chi connectivity index (χ1v) is 9.14. The number of carbonyl (C=O) groups excluding carboxylic acids is 1. The molecule has 0 radical (unpaired) electrons. The van der Waals surface area contributed by atoms with Gasteiger partial charge in [0, 0.05) is 17.1 Å². The number of thiazole rings is 1. The molecule has 124 valence electrons. The van der Waals surface area contributed by atoms with E-state index in [9.17, 15) is 4.79 Å². The van der Waals surface area contributed by atoms with E-state index in [4.69, 9.17) is 11.6 Å². The van der Waals surface area contributed by atoms with Gasteiger partial charge in [-0.2, -0.15) is 4.99 Å². The Kier molecular flexibility index (Phi) is 4.88. The van der Waals surface area contributed by atoms with Gasteiger partial charge in [-0.3, -0.25) is 4.79 Å². The Bertz CT molecular complexity index is 985. The number of benzene rings is 2. The minimum Gasteiger partial charge on any atom is -0.316 e. The van der Waals surface area contributed by atoms with Gasteiger partial charge in [0.1, 0.15) is 0 Å². The zero-order valence-corrected chi connectivity index (χ0v) is 15.5. The molecule has 0 bridgehead atoms. The average Bonchev–Trinajstić information content (AvgIpc) is 2.85. The molecular formula is C19H19ClN2OS. The Hall–Kier alpha value is -1.91. The Morgan fingerprint density at radius 3 is 2.67 bits per heavy atom. The summed E-state index contributed by atoms with van der Waals surface area (Å²) in [5.41, 5.74) is 4.15. The molecule has 0 spiro atoms. The molecule has 0 atom stereocenters. The molecule has 0 aliphatic heterocycles. The summed E-state index contributed by atoms with van der Waals surface area (Å²) >= 11 is 7.53. The van der Waals surface area contributed by atoms with Crippen LogP contribution in [0.3, 0.4) is 0 Å². The van der Waals surface area contributed by atoms with Crippen LogP contribution in [0.15, 0.2) is 41.4 Å². The number of amides is 1. The molecule has 3 nitrogen and oxygen atoms in total. The highest BCUT2D eigenvalue weighted by molar-refractivity contribution is 7.16. The molecule has 3 aromatic rings. The molecule has 1 heterocycles. The third-order valence-corrected chi connectivity index (χ3v) is 5.29. The van der Waals surface area contributed by atoms with Crippen LogP contribution in [-0.2, 0) is 6.54 Å². The van der Waals surface area contributed by atoms with Crippen molar-refractivity contribution in [3.05, 3.63) is 62.9 Å². The number of aryl methyl sites for hydroxylation is 3. The van der Waals surface area contributed by atoms with E-state index in [1.54, 1.807) is 35.6 Å². The van der Waals surface area contributed by atoms with Crippen LogP contribution in [0, 0.1) is 13.8 Å². The smallest absolute Gasteiger partial charge is 0.279 e. The van der Waals surface area contributed by atoms with Crippen molar-refractivity contribution in [3.63, 3.8) is 0 Å². The maximum atomic E-state index is 12.5. The summed E-state index contributed by atoms with van der Waals surface area (Å²) in [6.07, 6.45) is 0.983. The first-order valence-electron chi connectivity index (χ1n) is 7.95. The molecule has 1 amide bonds. The van der Waals surface area contributed by atoms with Gasteiger partial charge in [-0.15, -0.1) is 0 Å². The van der Waals surface area contributed by atoms with E-state index in [-0.39, 0.29) is 5.91 Å². The van der Waals surface area contributed by atoms with Crippen LogP contribution >= 0.6 is 22.9 Å². The van der Waals surface area contributed by atoms with E-state index in [1.165, 1.54) is 11.1 Å². The first kappa shape index (κ1) is 16.9. The number of rotatable bonds is 3. The van der Waals surface area contributed by atoms with Gasteiger partial charge in [-0.25, -0.2) is 0 Å². The summed E-state index contributed by atoms with van der Waals surface area (Å²) in [6.45, 7) is 7.17. The van der Waals surface area contributed by atoms with Crippen molar-refractivity contribution in [2.45, 2.75) is 33.7 Å². The summed E-state index contributed by atoms with van der Waals surface area (Å²) in [4.78, 5) is 17.6. The maximum Gasteiger partial charge on any atom is 0.279 e. The molecule has 0 aliphatic rings. The van der Waals surface area contributed by atoms with Gasteiger partial charge in [0.2, 0.25) is 0 Å². The van der Waals surface area contributed by atoms with Crippen LogP contribution in [0.1, 0.15) is 34.8 Å². The van der Waals surface area contributed by atoms with E-state index in [0.717, 1.165) is 28.0 Å². The van der Waals surface area contributed by atoms with Crippen LogP contribution in [0.2, 0.25) is 5.02 Å². The van der Waals surface area contributed by atoms with Gasteiger partial charge in [0.05, 0.1) is 10.2 Å². The van der Waals surface area contributed by atoms with Crippen LogP contribution in [0.4, 0.5) is 0 Å². The van der Waals surface area contributed by atoms with Gasteiger partial charge >= 0.3 is 0 Å². The molecule has 5 heteroatoms. The molecule has 0 aliphatic carbocycles. The Morgan fingerprint density at radius 1 is 1.21 bits per heavy atom. The number of halogens is 1. The van der Waals surface area contributed by atoms with E-state index >= 15 is 0 Å². The van der Waals surface area contributed by atoms with Gasteiger partial charge in [0.25, 0.3) is 5.91 Å². The van der Waals surface area contributed by atoms with E-state index in [1.807, 2.05) is 0 Å². The van der Waals surface area contributed by atoms with Crippen LogP contribution in [0.25, 0.3) is 10.2 Å². The Balaban J connectivity index is 2.17. The number of hydrogen-bond acceptors (Lipinski definition) is 2. The lowest BCUT2D eigenvalue weighted by atomic mass is 10.1. The Morgan fingerprint density at radius 2 is 1.96 bits per heavy atom. The lowest BCUT2D eigenvalue weighted by Gasteiger charge is -2.05. The number of hydrogen-bond donors (Lipinski definition) is 0. The molecule has 2 aromatic carbocycles. The van der Waals surface area contributed by atoms with Crippen molar-refractivity contribution >= 4 is 39.1 Å². The van der Waals surface area contributed by atoms with Crippen LogP contribution < -0.4 is 4.80 Å². The van der Waals surface area contributed by atoms with Gasteiger partial charge < -0.3 is 4.57 Å². The van der Waals surface area contributed by atoms with Crippen molar-refractivity contribution in [2.75, 3.05) is 0 Å². The zero-order chi connectivity index (χ0) is 17.3. The summed E-state index contributed by atoms with van der Waals surface area (Å²) < 4.78 is 3.29. The zero-order valence-electron chi connectivity index (χ0n) is 14.0. The van der Waals surface area contributed by atoms with Crippen LogP contribution in [-0.4, -0.2) is 10.5 Å². The summed E-state index contributed by atoms with van der Waals surface area (Å²) in [5, 5.41) is 0.542. The quantitative estimate of drug-likeness (QED) is 0.639. The second kappa shape index (κ2) is 6.91. The highest BCUT2D eigenvalue weighted by Crippen LogP contribution is 2.22. The third kappa shape index (κ3) is 3.30. The normalized spacial score (nSPS) is 12.1. The second-order valence-electron chi connectivity index (χ2n) is 5.87. The Labute approximate surface area is 150 Å². The topological polar surface area (TPSA) is 34.4 Å². The highest BCUT2D eigenvalue weighted by atomic mass is 35.5. The predicted octanol–water partition coefficient (Wildman–Crippen LogP) is 5.12. The van der Waals surface area contributed by atoms with Gasteiger partial charge in [-0.1, -0.05) is 35.9 Å². The lowest BCUT2D eigenvalue weighted by Crippen LogP contribution is -2.16. The van der Waals surface area contributed by atoms with E-state index in [2.05, 4.69) is 42.5 Å². The second-order valence-corrected chi connectivity index (χ2v) is 7.31. The molecule has 24 heavy (non-hydrogen) atoms. The number of fused-ring (bicyclic) bond motifs is 1. The van der Waals surface area contributed by atoms with Crippen molar-refractivity contribution in [3.8, 4) is 0 Å². The number of carbonyl (C=O) groups is 1. The first-order chi connectivity index (χ1) is 11.5. The number of nitrogens with zero attached hydrogens (tertiary/aromatic N) is 2. The minimum absolute atomic E-state index is 0.262. The van der Waals surface area contributed by atoms with Crippen molar-refractivity contribution < 1.29 is 4.79 Å². The fraction of sp³-hybridized carbons (Fsp3) is 0.263. The summed E-state index contributed by atoms with van der Waals surface area (Å²) in [7, 11) is 0. The molecule has 0 fully saturated rings. The van der Waals surface area contributed by atoms with Crippen molar-refractivity contribution in [1.82, 2.24) is 4.57 Å². The summed E-state index contributed by atoms with van der Waals surface area (Å²) in [5.74, 6) is -0.262. The maximum absolute atomic E-state index is 12.5. The molecule has 3 rings (SSSR count). The van der Waals surface area contributed by atoms with Gasteiger partial charge in [0.15, 0.2) is 4.80 Å². The lowest BCUT2D eigenvalue weighted by molar-refractivity contribution is 0.0998. The molecule has 1 aromatic heterocycles. The SMILES string of the molecule is CCCn1c(=NC(=O)c2cccc(Cl)c2)sc2cc(C)c(C)cc21. The molecule has 0 unspecified atom stereocenters. The van der Waals surface area contributed by atoms with Crippen molar-refractivity contribution in [1.29, 1.82) is 0 Å². The van der Waals surface area contributed by atoms with Gasteiger partial charge in [-0.05, 0) is 61.7 Å². The minimum atomic E-state index is -0.262. The standard InChI is InChI=1S/C19H19ClN2OS/c1-4-8-22-16-9-12(2)13(3)10-17(16)24-19(22)21-18(23)14-6-5-7-15(20)11-14/h5-7,9-11H,4,8H2,1-3H3. The fourth-order valence-electron chi connectivity index (χ4n) is 2.62. The molecule has 0 saturated heterocycles. The fourth-order valence-corrected chi connectivity index (χ4v) is 3.94. The highest BCUT2D eigenvalue weighted by Gasteiger charge is 2.10. The predicted molar refractivity (Wildman–Crippen MR) is 101 cm³/mol. The molecule has 0 N–H and O–H groups in total. The molecule has 0 saturated carbocycles. The third-order valence-electron chi connectivity index (χ3n) is 4.01. The largest absolute Gasteiger partial charge is 0.316 e. The van der Waals surface area contributed by atoms with Crippen LogP contribution in [0.5, 0.6) is 0 Å². The monoisotopic (exact) mass is 358 g/mol. The molecular weight excluding hydrogens is 340 g/mol. The summed E-state index contributed by atoms with van der Waals surface area (Å²) in [6, 6.07) is 11.3. The number of aromatic nitrogens is 1. The van der Waals surface area contributed by atoms with Crippen molar-refractivity contribution in [2.24, 2.45) is 4.99 Å². The average molecular weight is 359 g/mol. The van der Waals surface area contributed by atoms with E-state index < -0.39 is 0 Å².